The first kappa shape index (κ1) is 18.6. The largest absolute Gasteiger partial charge is 0.467 e. The van der Waals surface area contributed by atoms with Gasteiger partial charge in [0.25, 0.3) is 0 Å². The van der Waals surface area contributed by atoms with E-state index >= 15 is 0 Å². The monoisotopic (exact) mass is 309 g/mol. The molecule has 2 atom stereocenters. The van der Waals surface area contributed by atoms with Crippen molar-refractivity contribution in [3.05, 3.63) is 24.2 Å². The van der Waals surface area contributed by atoms with Gasteiger partial charge in [-0.15, -0.1) is 0 Å². The molecular weight excluding hydrogens is 278 g/mol. The highest BCUT2D eigenvalue weighted by Gasteiger charge is 2.14. The third-order valence-electron chi connectivity index (χ3n) is 3.35. The van der Waals surface area contributed by atoms with E-state index in [1.807, 2.05) is 6.92 Å². The Hall–Kier alpha value is -1.49. The van der Waals surface area contributed by atoms with E-state index in [2.05, 4.69) is 43.3 Å². The van der Waals surface area contributed by atoms with Gasteiger partial charge < -0.3 is 20.2 Å². The van der Waals surface area contributed by atoms with Crippen LogP contribution >= 0.6 is 0 Å². The van der Waals surface area contributed by atoms with Gasteiger partial charge in [0, 0.05) is 12.6 Å². The van der Waals surface area contributed by atoms with Crippen LogP contribution in [-0.4, -0.2) is 30.2 Å². The summed E-state index contributed by atoms with van der Waals surface area (Å²) < 4.78 is 5.18. The molecule has 0 aliphatic carbocycles. The van der Waals surface area contributed by atoms with E-state index in [1.54, 1.807) is 18.4 Å². The molecule has 2 unspecified atom stereocenters. The molecule has 0 amide bonds. The first-order valence-corrected chi connectivity index (χ1v) is 8.08. The van der Waals surface area contributed by atoms with Crippen molar-refractivity contribution >= 4 is 5.96 Å². The third kappa shape index (κ3) is 7.50. The molecule has 0 aromatic carbocycles. The number of guanidine groups is 1. The number of aliphatic hydroxyl groups excluding tert-OH is 1. The van der Waals surface area contributed by atoms with Gasteiger partial charge in [-0.1, -0.05) is 20.8 Å². The smallest absolute Gasteiger partial charge is 0.191 e. The average molecular weight is 309 g/mol. The molecule has 1 aromatic rings. The van der Waals surface area contributed by atoms with Crippen molar-refractivity contribution in [2.24, 2.45) is 10.4 Å². The van der Waals surface area contributed by atoms with Crippen LogP contribution in [-0.2, 0) is 0 Å². The van der Waals surface area contributed by atoms with Crippen LogP contribution < -0.4 is 10.6 Å². The van der Waals surface area contributed by atoms with Crippen LogP contribution in [0.2, 0.25) is 0 Å². The van der Waals surface area contributed by atoms with Gasteiger partial charge in [0.1, 0.15) is 11.9 Å². The fraction of sp³-hybridized carbons (Fsp3) is 0.706. The molecule has 0 aliphatic heterocycles. The van der Waals surface area contributed by atoms with Gasteiger partial charge in [0.2, 0.25) is 0 Å². The summed E-state index contributed by atoms with van der Waals surface area (Å²) in [4.78, 5) is 4.44. The summed E-state index contributed by atoms with van der Waals surface area (Å²) in [6, 6.07) is 3.85. The number of aliphatic hydroxyl groups is 1. The lowest BCUT2D eigenvalue weighted by molar-refractivity contribution is 0.158. The topological polar surface area (TPSA) is 69.8 Å². The maximum atomic E-state index is 10.0. The minimum atomic E-state index is -0.713. The quantitative estimate of drug-likeness (QED) is 0.535. The maximum Gasteiger partial charge on any atom is 0.191 e. The molecule has 0 aliphatic rings. The Morgan fingerprint density at radius 3 is 2.68 bits per heavy atom. The number of hydrogen-bond donors (Lipinski definition) is 3. The molecule has 1 heterocycles. The number of nitrogens with zero attached hydrogens (tertiary/aromatic N) is 1. The Morgan fingerprint density at radius 1 is 1.41 bits per heavy atom. The first-order chi connectivity index (χ1) is 10.3. The summed E-state index contributed by atoms with van der Waals surface area (Å²) in [5.41, 5.74) is 0.334. The molecular formula is C17H31N3O2. The second-order valence-corrected chi connectivity index (χ2v) is 6.90. The van der Waals surface area contributed by atoms with Gasteiger partial charge in [-0.25, -0.2) is 0 Å². The minimum Gasteiger partial charge on any atom is -0.467 e. The van der Waals surface area contributed by atoms with Gasteiger partial charge in [-0.3, -0.25) is 4.99 Å². The van der Waals surface area contributed by atoms with Crippen LogP contribution in [0.5, 0.6) is 0 Å². The van der Waals surface area contributed by atoms with Crippen LogP contribution in [0, 0.1) is 5.41 Å². The Labute approximate surface area is 134 Å². The van der Waals surface area contributed by atoms with Crippen molar-refractivity contribution in [2.45, 2.75) is 59.6 Å². The van der Waals surface area contributed by atoms with Gasteiger partial charge in [-0.2, -0.15) is 0 Å². The predicted molar refractivity (Wildman–Crippen MR) is 90.9 cm³/mol. The van der Waals surface area contributed by atoms with E-state index in [0.29, 0.717) is 17.2 Å². The number of hydrogen-bond acceptors (Lipinski definition) is 3. The van der Waals surface area contributed by atoms with E-state index in [9.17, 15) is 5.11 Å². The zero-order chi connectivity index (χ0) is 16.6. The number of aliphatic imine (C=N–C) groups is 1. The Bertz CT molecular complexity index is 435. The van der Waals surface area contributed by atoms with Crippen molar-refractivity contribution in [3.63, 3.8) is 0 Å². The average Bonchev–Trinajstić information content (AvgIpc) is 2.96. The van der Waals surface area contributed by atoms with Crippen LogP contribution in [0.4, 0.5) is 0 Å². The molecule has 22 heavy (non-hydrogen) atoms. The zero-order valence-corrected chi connectivity index (χ0v) is 14.5. The lowest BCUT2D eigenvalue weighted by Gasteiger charge is -2.23. The van der Waals surface area contributed by atoms with Crippen molar-refractivity contribution in [3.8, 4) is 0 Å². The predicted octanol–water partition coefficient (Wildman–Crippen LogP) is 3.08. The van der Waals surface area contributed by atoms with E-state index < -0.39 is 6.10 Å². The summed E-state index contributed by atoms with van der Waals surface area (Å²) in [6.07, 6.45) is 3.07. The maximum absolute atomic E-state index is 10.0. The second kappa shape index (κ2) is 8.83. The van der Waals surface area contributed by atoms with Crippen molar-refractivity contribution in [1.29, 1.82) is 0 Å². The first-order valence-electron chi connectivity index (χ1n) is 8.08. The van der Waals surface area contributed by atoms with Crippen LogP contribution in [0.3, 0.4) is 0 Å². The van der Waals surface area contributed by atoms with Gasteiger partial charge in [0.15, 0.2) is 5.96 Å². The van der Waals surface area contributed by atoms with E-state index in [0.717, 1.165) is 25.3 Å². The summed E-state index contributed by atoms with van der Waals surface area (Å²) in [5, 5.41) is 16.6. The fourth-order valence-electron chi connectivity index (χ4n) is 2.02. The standard InChI is InChI=1S/C17H31N3O2/c1-6-18-16(20-13(2)9-10-17(3,4)5)19-12-14(21)15-8-7-11-22-15/h7-8,11,13-14,21H,6,9-10,12H2,1-5H3,(H2,18,19,20). The van der Waals surface area contributed by atoms with Gasteiger partial charge in [0.05, 0.1) is 12.8 Å². The second-order valence-electron chi connectivity index (χ2n) is 6.90. The van der Waals surface area contributed by atoms with Crippen molar-refractivity contribution in [2.75, 3.05) is 13.1 Å². The highest BCUT2D eigenvalue weighted by Crippen LogP contribution is 2.21. The molecule has 0 fully saturated rings. The highest BCUT2D eigenvalue weighted by molar-refractivity contribution is 5.80. The number of furan rings is 1. The minimum absolute atomic E-state index is 0.273. The highest BCUT2D eigenvalue weighted by atomic mass is 16.4. The number of rotatable bonds is 7. The lowest BCUT2D eigenvalue weighted by atomic mass is 9.89. The molecule has 0 spiro atoms. The SMILES string of the molecule is CCNC(=NCC(O)c1ccco1)NC(C)CCC(C)(C)C. The summed E-state index contributed by atoms with van der Waals surface area (Å²) in [6.45, 7) is 12.0. The van der Waals surface area contributed by atoms with Gasteiger partial charge in [-0.05, 0) is 44.2 Å². The Balaban J connectivity index is 2.51. The Kier molecular flexibility index (Phi) is 7.45. The third-order valence-corrected chi connectivity index (χ3v) is 3.35. The van der Waals surface area contributed by atoms with E-state index in [4.69, 9.17) is 4.42 Å². The molecule has 0 saturated carbocycles. The number of nitrogens with one attached hydrogen (secondary N) is 2. The normalized spacial score (nSPS) is 15.5. The fourth-order valence-corrected chi connectivity index (χ4v) is 2.02. The summed E-state index contributed by atoms with van der Waals surface area (Å²) >= 11 is 0. The molecule has 1 rings (SSSR count). The van der Waals surface area contributed by atoms with Crippen LogP contribution in [0.25, 0.3) is 0 Å². The molecule has 5 heteroatoms. The molecule has 126 valence electrons. The summed E-state index contributed by atoms with van der Waals surface area (Å²) in [5.74, 6) is 1.27. The molecule has 0 radical (unpaired) electrons. The van der Waals surface area contributed by atoms with Crippen LogP contribution in [0.1, 0.15) is 59.3 Å². The van der Waals surface area contributed by atoms with E-state index in [-0.39, 0.29) is 6.54 Å². The molecule has 1 aromatic heterocycles. The molecule has 0 bridgehead atoms. The van der Waals surface area contributed by atoms with E-state index in [1.165, 1.54) is 0 Å². The summed E-state index contributed by atoms with van der Waals surface area (Å²) in [7, 11) is 0. The lowest BCUT2D eigenvalue weighted by Crippen LogP contribution is -2.42. The van der Waals surface area contributed by atoms with Crippen LogP contribution in [0.15, 0.2) is 27.8 Å². The van der Waals surface area contributed by atoms with Crippen molar-refractivity contribution < 1.29 is 9.52 Å². The van der Waals surface area contributed by atoms with Crippen molar-refractivity contribution in [1.82, 2.24) is 10.6 Å². The zero-order valence-electron chi connectivity index (χ0n) is 14.5. The molecule has 3 N–H and O–H groups in total. The molecule has 5 nitrogen and oxygen atoms in total. The Morgan fingerprint density at radius 2 is 2.14 bits per heavy atom. The molecule has 0 saturated heterocycles. The van der Waals surface area contributed by atoms with Gasteiger partial charge >= 0.3 is 0 Å².